The number of sulfonamides is 1. The van der Waals surface area contributed by atoms with Crippen LogP contribution in [0.5, 0.6) is 5.75 Å². The highest BCUT2D eigenvalue weighted by atomic mass is 32.2. The first-order valence-electron chi connectivity index (χ1n) is 10.2. The van der Waals surface area contributed by atoms with E-state index in [-0.39, 0.29) is 5.63 Å². The number of rotatable bonds is 5. The molecule has 1 aliphatic heterocycles. The summed E-state index contributed by atoms with van der Waals surface area (Å²) in [4.78, 5) is 12.2. The van der Waals surface area contributed by atoms with Crippen molar-refractivity contribution in [2.45, 2.75) is 39.2 Å². The third kappa shape index (κ3) is 4.37. The van der Waals surface area contributed by atoms with Gasteiger partial charge in [-0.25, -0.2) is 13.2 Å². The largest absolute Gasteiger partial charge is 0.482 e. The molecule has 0 atom stereocenters. The third-order valence-electron chi connectivity index (χ3n) is 5.14. The van der Waals surface area contributed by atoms with E-state index >= 15 is 0 Å². The summed E-state index contributed by atoms with van der Waals surface area (Å²) >= 11 is 0. The standard InChI is InChI=1S/C24H25NO5S/c1-5-6-16-13-21(26)29-20-14-19(15-7-9-17(10-8-15)25-31(4,27)28)18-11-12-24(2,3)30-23(18)22(16)20/h7-14,25H,5-6H2,1-4H3. The smallest absolute Gasteiger partial charge is 0.336 e. The van der Waals surface area contributed by atoms with Gasteiger partial charge in [-0.1, -0.05) is 31.6 Å². The molecule has 0 saturated carbocycles. The number of fused-ring (bicyclic) bond motifs is 3. The van der Waals surface area contributed by atoms with Crippen molar-refractivity contribution in [3.63, 3.8) is 0 Å². The molecule has 31 heavy (non-hydrogen) atoms. The SMILES string of the molecule is CCCc1cc(=O)oc2cc(-c3ccc(NS(C)(=O)=O)cc3)c3c(c12)OC(C)(C)C=C3. The average molecular weight is 440 g/mol. The summed E-state index contributed by atoms with van der Waals surface area (Å²) in [5.41, 5.74) is 3.59. The Bertz CT molecular complexity index is 1350. The minimum Gasteiger partial charge on any atom is -0.482 e. The van der Waals surface area contributed by atoms with Gasteiger partial charge >= 0.3 is 5.63 Å². The fourth-order valence-electron chi connectivity index (χ4n) is 3.88. The number of aryl methyl sites for hydroxylation is 1. The van der Waals surface area contributed by atoms with E-state index in [0.29, 0.717) is 17.0 Å². The molecule has 1 aliphatic rings. The summed E-state index contributed by atoms with van der Waals surface area (Å²) in [6.07, 6.45) is 6.79. The second-order valence-electron chi connectivity index (χ2n) is 8.37. The summed E-state index contributed by atoms with van der Waals surface area (Å²) < 4.78 is 37.4. The Kier molecular flexibility index (Phi) is 5.17. The van der Waals surface area contributed by atoms with Crippen LogP contribution < -0.4 is 15.1 Å². The molecule has 1 aromatic heterocycles. The van der Waals surface area contributed by atoms with Crippen molar-refractivity contribution in [2.24, 2.45) is 0 Å². The molecule has 0 unspecified atom stereocenters. The Morgan fingerprint density at radius 1 is 1.10 bits per heavy atom. The molecule has 162 valence electrons. The summed E-state index contributed by atoms with van der Waals surface area (Å²) in [6.45, 7) is 6.03. The maximum absolute atomic E-state index is 12.2. The molecule has 0 spiro atoms. The first-order valence-corrected chi connectivity index (χ1v) is 12.1. The zero-order valence-corrected chi connectivity index (χ0v) is 18.8. The number of hydrogen-bond donors (Lipinski definition) is 1. The highest BCUT2D eigenvalue weighted by Gasteiger charge is 2.28. The maximum atomic E-state index is 12.2. The molecule has 0 fully saturated rings. The molecule has 3 aromatic rings. The predicted molar refractivity (Wildman–Crippen MR) is 124 cm³/mol. The van der Waals surface area contributed by atoms with Gasteiger partial charge < -0.3 is 9.15 Å². The Labute approximate surface area is 181 Å². The van der Waals surface area contributed by atoms with Gasteiger partial charge in [-0.15, -0.1) is 0 Å². The van der Waals surface area contributed by atoms with Crippen molar-refractivity contribution in [2.75, 3.05) is 11.0 Å². The van der Waals surface area contributed by atoms with Crippen LogP contribution in [0.1, 0.15) is 38.3 Å². The van der Waals surface area contributed by atoms with Crippen molar-refractivity contribution >= 4 is 32.8 Å². The first-order chi connectivity index (χ1) is 14.6. The fourth-order valence-corrected chi connectivity index (χ4v) is 4.44. The molecule has 7 heteroatoms. The lowest BCUT2D eigenvalue weighted by Gasteiger charge is -2.30. The highest BCUT2D eigenvalue weighted by molar-refractivity contribution is 7.92. The summed E-state index contributed by atoms with van der Waals surface area (Å²) in [5.74, 6) is 0.700. The zero-order chi connectivity index (χ0) is 22.4. The molecule has 0 amide bonds. The Hall–Kier alpha value is -3.06. The van der Waals surface area contributed by atoms with Crippen molar-refractivity contribution in [1.82, 2.24) is 0 Å². The van der Waals surface area contributed by atoms with E-state index in [4.69, 9.17) is 9.15 Å². The molecule has 2 heterocycles. The molecule has 0 bridgehead atoms. The van der Waals surface area contributed by atoms with Crippen molar-refractivity contribution in [3.8, 4) is 16.9 Å². The molecular weight excluding hydrogens is 414 g/mol. The van der Waals surface area contributed by atoms with Crippen LogP contribution in [0.15, 0.2) is 51.7 Å². The lowest BCUT2D eigenvalue weighted by Crippen LogP contribution is -2.28. The minimum absolute atomic E-state index is 0.389. The van der Waals surface area contributed by atoms with E-state index in [0.717, 1.165) is 46.7 Å². The monoisotopic (exact) mass is 439 g/mol. The zero-order valence-electron chi connectivity index (χ0n) is 18.0. The first kappa shape index (κ1) is 21.2. The lowest BCUT2D eigenvalue weighted by molar-refractivity contribution is 0.161. The molecule has 0 radical (unpaired) electrons. The van der Waals surface area contributed by atoms with Crippen LogP contribution in [-0.4, -0.2) is 20.3 Å². The summed E-state index contributed by atoms with van der Waals surface area (Å²) in [6, 6.07) is 10.5. The van der Waals surface area contributed by atoms with E-state index in [1.54, 1.807) is 18.2 Å². The van der Waals surface area contributed by atoms with Gasteiger partial charge in [0.2, 0.25) is 10.0 Å². The molecule has 1 N–H and O–H groups in total. The number of ether oxygens (including phenoxy) is 1. The van der Waals surface area contributed by atoms with Crippen LogP contribution in [0, 0.1) is 0 Å². The van der Waals surface area contributed by atoms with Gasteiger partial charge in [0.05, 0.1) is 11.6 Å². The van der Waals surface area contributed by atoms with Gasteiger partial charge in [0.15, 0.2) is 0 Å². The Morgan fingerprint density at radius 3 is 2.45 bits per heavy atom. The molecule has 0 aliphatic carbocycles. The number of hydrogen-bond acceptors (Lipinski definition) is 5. The van der Waals surface area contributed by atoms with Crippen LogP contribution in [0.4, 0.5) is 5.69 Å². The minimum atomic E-state index is -3.36. The van der Waals surface area contributed by atoms with Gasteiger partial charge in [0.1, 0.15) is 16.9 Å². The van der Waals surface area contributed by atoms with E-state index in [1.165, 1.54) is 0 Å². The van der Waals surface area contributed by atoms with Gasteiger partial charge in [0.25, 0.3) is 0 Å². The Balaban J connectivity index is 1.96. The van der Waals surface area contributed by atoms with Crippen molar-refractivity contribution in [1.29, 1.82) is 0 Å². The highest BCUT2D eigenvalue weighted by Crippen LogP contribution is 2.44. The maximum Gasteiger partial charge on any atom is 0.336 e. The second kappa shape index (κ2) is 7.57. The lowest BCUT2D eigenvalue weighted by atomic mass is 9.91. The summed E-state index contributed by atoms with van der Waals surface area (Å²) in [5, 5.41) is 0.827. The quantitative estimate of drug-likeness (QED) is 0.568. The number of anilines is 1. The normalized spacial score (nSPS) is 14.8. The van der Waals surface area contributed by atoms with Gasteiger partial charge in [-0.2, -0.15) is 0 Å². The topological polar surface area (TPSA) is 85.6 Å². The van der Waals surface area contributed by atoms with Gasteiger partial charge in [-0.05, 0) is 61.2 Å². The predicted octanol–water partition coefficient (Wildman–Crippen LogP) is 4.97. The molecule has 2 aromatic carbocycles. The van der Waals surface area contributed by atoms with Crippen LogP contribution >= 0.6 is 0 Å². The fraction of sp³-hybridized carbons (Fsp3) is 0.292. The van der Waals surface area contributed by atoms with E-state index in [1.807, 2.05) is 44.2 Å². The van der Waals surface area contributed by atoms with Crippen molar-refractivity contribution in [3.05, 3.63) is 64.0 Å². The molecule has 0 saturated heterocycles. The summed E-state index contributed by atoms with van der Waals surface area (Å²) in [7, 11) is -3.36. The number of nitrogens with one attached hydrogen (secondary N) is 1. The third-order valence-corrected chi connectivity index (χ3v) is 5.75. The number of benzene rings is 2. The molecular formula is C24H25NO5S. The van der Waals surface area contributed by atoms with Crippen LogP contribution in [0.2, 0.25) is 0 Å². The van der Waals surface area contributed by atoms with Gasteiger partial charge in [0, 0.05) is 17.3 Å². The second-order valence-corrected chi connectivity index (χ2v) is 10.1. The Morgan fingerprint density at radius 2 is 1.81 bits per heavy atom. The van der Waals surface area contributed by atoms with Crippen LogP contribution in [0.25, 0.3) is 28.2 Å². The molecule has 4 rings (SSSR count). The van der Waals surface area contributed by atoms with Crippen molar-refractivity contribution < 1.29 is 17.6 Å². The van der Waals surface area contributed by atoms with Gasteiger partial charge in [-0.3, -0.25) is 4.72 Å². The van der Waals surface area contributed by atoms with Crippen LogP contribution in [0.3, 0.4) is 0 Å². The van der Waals surface area contributed by atoms with E-state index in [2.05, 4.69) is 11.6 Å². The van der Waals surface area contributed by atoms with E-state index in [9.17, 15) is 13.2 Å². The average Bonchev–Trinajstić information content (AvgIpc) is 2.65. The van der Waals surface area contributed by atoms with E-state index < -0.39 is 15.6 Å². The molecule has 6 nitrogen and oxygen atoms in total. The van der Waals surface area contributed by atoms with Crippen LogP contribution in [-0.2, 0) is 16.4 Å².